The molecule has 0 saturated carbocycles. The van der Waals surface area contributed by atoms with E-state index in [1.165, 1.54) is 0 Å². The quantitative estimate of drug-likeness (QED) is 0.705. The molecule has 2 aromatic heterocycles. The molecule has 0 unspecified atom stereocenters. The summed E-state index contributed by atoms with van der Waals surface area (Å²) < 4.78 is 1.61. The van der Waals surface area contributed by atoms with Crippen molar-refractivity contribution in [2.24, 2.45) is 0 Å². The van der Waals surface area contributed by atoms with Gasteiger partial charge < -0.3 is 0 Å². The van der Waals surface area contributed by atoms with Gasteiger partial charge in [-0.25, -0.2) is 9.50 Å². The van der Waals surface area contributed by atoms with Gasteiger partial charge in [0.25, 0.3) is 0 Å². The molecule has 0 aliphatic rings. The summed E-state index contributed by atoms with van der Waals surface area (Å²) in [5, 5.41) is 5.15. The zero-order chi connectivity index (χ0) is 10.3. The first-order chi connectivity index (χ1) is 6.65. The fourth-order valence-electron chi connectivity index (χ4n) is 1.37. The average Bonchev–Trinajstić information content (AvgIpc) is 2.49. The molecular formula is C9H9Cl2N3. The fourth-order valence-corrected chi connectivity index (χ4v) is 2.07. The molecule has 2 heterocycles. The lowest BCUT2D eigenvalue weighted by molar-refractivity contribution is 0.911. The Bertz CT molecular complexity index is 490. The van der Waals surface area contributed by atoms with Crippen LogP contribution in [0.3, 0.4) is 0 Å². The molecule has 3 nitrogen and oxygen atoms in total. The summed E-state index contributed by atoms with van der Waals surface area (Å²) in [5.74, 6) is 0. The van der Waals surface area contributed by atoms with Crippen molar-refractivity contribution in [3.05, 3.63) is 27.6 Å². The Morgan fingerprint density at radius 2 is 2.14 bits per heavy atom. The molecule has 0 atom stereocenters. The molecule has 5 heteroatoms. The maximum absolute atomic E-state index is 6.14. The van der Waals surface area contributed by atoms with Crippen molar-refractivity contribution in [3.63, 3.8) is 0 Å². The molecule has 0 fully saturated rings. The van der Waals surface area contributed by atoms with E-state index in [9.17, 15) is 0 Å². The third-order valence-corrected chi connectivity index (χ3v) is 2.86. The number of rotatable bonds is 1. The molecule has 0 N–H and O–H groups in total. The summed E-state index contributed by atoms with van der Waals surface area (Å²) in [6, 6.07) is 0. The van der Waals surface area contributed by atoms with Crippen LogP contribution in [0.4, 0.5) is 0 Å². The molecular weight excluding hydrogens is 221 g/mol. The number of hydrogen-bond donors (Lipinski definition) is 0. The lowest BCUT2D eigenvalue weighted by Gasteiger charge is -2.05. The molecule has 14 heavy (non-hydrogen) atoms. The average molecular weight is 230 g/mol. The van der Waals surface area contributed by atoms with Crippen molar-refractivity contribution in [3.8, 4) is 0 Å². The van der Waals surface area contributed by atoms with Gasteiger partial charge >= 0.3 is 0 Å². The Morgan fingerprint density at radius 1 is 1.43 bits per heavy atom. The number of halogens is 2. The monoisotopic (exact) mass is 229 g/mol. The highest BCUT2D eigenvalue weighted by Gasteiger charge is 2.12. The van der Waals surface area contributed by atoms with Crippen molar-refractivity contribution in [1.29, 1.82) is 0 Å². The molecule has 74 valence electrons. The zero-order valence-electron chi connectivity index (χ0n) is 7.88. The van der Waals surface area contributed by atoms with Crippen molar-refractivity contribution in [2.45, 2.75) is 20.3 Å². The van der Waals surface area contributed by atoms with E-state index in [1.54, 1.807) is 10.7 Å². The van der Waals surface area contributed by atoms with Gasteiger partial charge in [0, 0.05) is 11.1 Å². The predicted octanol–water partition coefficient (Wildman–Crippen LogP) is 2.91. The normalized spacial score (nSPS) is 11.1. The minimum absolute atomic E-state index is 0.466. The smallest absolute Gasteiger partial charge is 0.161 e. The summed E-state index contributed by atoms with van der Waals surface area (Å²) in [7, 11) is 0. The van der Waals surface area contributed by atoms with Crippen LogP contribution in [0.1, 0.15) is 18.1 Å². The van der Waals surface area contributed by atoms with Crippen LogP contribution in [-0.2, 0) is 6.42 Å². The van der Waals surface area contributed by atoms with Crippen LogP contribution in [0.2, 0.25) is 10.3 Å². The number of aromatic nitrogens is 3. The largest absolute Gasteiger partial charge is 0.216 e. The lowest BCUT2D eigenvalue weighted by atomic mass is 10.2. The van der Waals surface area contributed by atoms with Crippen LogP contribution >= 0.6 is 23.2 Å². The zero-order valence-corrected chi connectivity index (χ0v) is 9.39. The first-order valence-electron chi connectivity index (χ1n) is 4.33. The van der Waals surface area contributed by atoms with E-state index in [0.29, 0.717) is 10.3 Å². The van der Waals surface area contributed by atoms with Gasteiger partial charge in [-0.2, -0.15) is 5.10 Å². The van der Waals surface area contributed by atoms with Gasteiger partial charge in [-0.1, -0.05) is 30.1 Å². The summed E-state index contributed by atoms with van der Waals surface area (Å²) in [5.41, 5.74) is 2.53. The standard InChI is InChI=1S/C9H9Cl2N3/c1-3-6-7(10)13-9-5(2)4-12-14(9)8(6)11/h4H,3H2,1-2H3. The highest BCUT2D eigenvalue weighted by Crippen LogP contribution is 2.25. The van der Waals surface area contributed by atoms with Crippen LogP contribution in [0, 0.1) is 6.92 Å². The number of nitrogens with zero attached hydrogens (tertiary/aromatic N) is 3. The highest BCUT2D eigenvalue weighted by atomic mass is 35.5. The van der Waals surface area contributed by atoms with Gasteiger partial charge in [0.15, 0.2) is 5.65 Å². The molecule has 0 aliphatic carbocycles. The topological polar surface area (TPSA) is 30.2 Å². The van der Waals surface area contributed by atoms with Gasteiger partial charge in [-0.3, -0.25) is 0 Å². The lowest BCUT2D eigenvalue weighted by Crippen LogP contribution is -1.99. The fraction of sp³-hybridized carbons (Fsp3) is 0.333. The molecule has 0 bridgehead atoms. The highest BCUT2D eigenvalue weighted by molar-refractivity contribution is 6.34. The van der Waals surface area contributed by atoms with E-state index >= 15 is 0 Å². The van der Waals surface area contributed by atoms with Gasteiger partial charge in [0.1, 0.15) is 10.3 Å². The summed E-state index contributed by atoms with van der Waals surface area (Å²) in [6.07, 6.45) is 2.48. The van der Waals surface area contributed by atoms with Gasteiger partial charge in [0.05, 0.1) is 6.20 Å². The van der Waals surface area contributed by atoms with Crippen molar-refractivity contribution < 1.29 is 0 Å². The second kappa shape index (κ2) is 3.41. The van der Waals surface area contributed by atoms with E-state index in [-0.39, 0.29) is 0 Å². The van der Waals surface area contributed by atoms with E-state index in [2.05, 4.69) is 10.1 Å². The predicted molar refractivity (Wildman–Crippen MR) is 57.1 cm³/mol. The molecule has 0 radical (unpaired) electrons. The third-order valence-electron chi connectivity index (χ3n) is 2.16. The van der Waals surface area contributed by atoms with Crippen molar-refractivity contribution in [1.82, 2.24) is 14.6 Å². The van der Waals surface area contributed by atoms with E-state index in [0.717, 1.165) is 23.2 Å². The summed E-state index contributed by atoms with van der Waals surface area (Å²) >= 11 is 12.1. The van der Waals surface area contributed by atoms with E-state index in [1.807, 2.05) is 13.8 Å². The second-order valence-corrected chi connectivity index (χ2v) is 3.80. The molecule has 2 aromatic rings. The molecule has 0 aromatic carbocycles. The van der Waals surface area contributed by atoms with Crippen LogP contribution < -0.4 is 0 Å². The van der Waals surface area contributed by atoms with E-state index < -0.39 is 0 Å². The molecule has 0 amide bonds. The Morgan fingerprint density at radius 3 is 2.79 bits per heavy atom. The maximum Gasteiger partial charge on any atom is 0.161 e. The minimum Gasteiger partial charge on any atom is -0.216 e. The van der Waals surface area contributed by atoms with Crippen LogP contribution in [0.25, 0.3) is 5.65 Å². The maximum atomic E-state index is 6.14. The van der Waals surface area contributed by atoms with Crippen LogP contribution in [-0.4, -0.2) is 14.6 Å². The van der Waals surface area contributed by atoms with Crippen LogP contribution in [0.5, 0.6) is 0 Å². The molecule has 0 spiro atoms. The number of aryl methyl sites for hydroxylation is 1. The van der Waals surface area contributed by atoms with Gasteiger partial charge in [-0.05, 0) is 13.3 Å². The Kier molecular flexibility index (Phi) is 2.37. The first kappa shape index (κ1) is 9.74. The third kappa shape index (κ3) is 1.28. The van der Waals surface area contributed by atoms with Crippen LogP contribution in [0.15, 0.2) is 6.20 Å². The molecule has 0 aliphatic heterocycles. The number of fused-ring (bicyclic) bond motifs is 1. The van der Waals surface area contributed by atoms with E-state index in [4.69, 9.17) is 23.2 Å². The minimum atomic E-state index is 0.466. The Balaban J connectivity index is 2.87. The van der Waals surface area contributed by atoms with Gasteiger partial charge in [-0.15, -0.1) is 0 Å². The SMILES string of the molecule is CCc1c(Cl)nc2c(C)cnn2c1Cl. The van der Waals surface area contributed by atoms with Crippen molar-refractivity contribution >= 4 is 28.8 Å². The second-order valence-electron chi connectivity index (χ2n) is 3.09. The summed E-state index contributed by atoms with van der Waals surface area (Å²) in [4.78, 5) is 4.25. The summed E-state index contributed by atoms with van der Waals surface area (Å²) in [6.45, 7) is 3.91. The van der Waals surface area contributed by atoms with Crippen molar-refractivity contribution in [2.75, 3.05) is 0 Å². The van der Waals surface area contributed by atoms with Gasteiger partial charge in [0.2, 0.25) is 0 Å². The number of hydrogen-bond acceptors (Lipinski definition) is 2. The molecule has 0 saturated heterocycles. The Labute approximate surface area is 91.7 Å². The first-order valence-corrected chi connectivity index (χ1v) is 5.09. The Hall–Kier alpha value is -0.800. The molecule has 2 rings (SSSR count).